The molecule has 4 aromatic heterocycles. The number of likely N-dealkylation sites (tertiary alicyclic amines) is 1. The summed E-state index contributed by atoms with van der Waals surface area (Å²) in [5.41, 5.74) is 14.1. The number of nitrogens with zero attached hydrogens (tertiary/aromatic N) is 10. The number of pyridine rings is 1. The van der Waals surface area contributed by atoms with Crippen LogP contribution in [0.3, 0.4) is 0 Å². The van der Waals surface area contributed by atoms with E-state index in [2.05, 4.69) is 63.2 Å². The molecule has 4 N–H and O–H groups in total. The number of rotatable bonds is 23. The van der Waals surface area contributed by atoms with Crippen LogP contribution in [-0.2, 0) is 27.9 Å². The SMILES string of the molecule is Cc1ncsc1-c1ccc(C(C)NC(=O)[C@@H]2C[C@@H](OC(=O)OC(C)C(C)SS(C)(=O)=O)CN2C(=O)C(c2cc(OCCN3CCN(CCOc4cc(N5C6CCC5CN(c5cc(-c7ccccc7O)nnc5N)C6)ccn4)[C@H](C)C3)no2)C(C)C)cc1. The molecule has 8 heterocycles. The van der Waals surface area contributed by atoms with Gasteiger partial charge in [0.25, 0.3) is 5.88 Å². The zero-order valence-electron chi connectivity index (χ0n) is 50.4. The molecule has 4 aliphatic rings. The Morgan fingerprint density at radius 1 is 0.897 bits per heavy atom. The van der Waals surface area contributed by atoms with Crippen molar-refractivity contribution in [1.82, 2.24) is 45.3 Å². The number of ether oxygens (including phenoxy) is 4. The molecule has 0 spiro atoms. The van der Waals surface area contributed by atoms with E-state index < -0.39 is 62.3 Å². The number of fused-ring (bicyclic) bond motifs is 2. The number of carbonyl (C=O) groups excluding carboxylic acids is 3. The lowest BCUT2D eigenvalue weighted by Crippen LogP contribution is -2.54. The van der Waals surface area contributed by atoms with Gasteiger partial charge in [0.1, 0.15) is 43.1 Å². The number of phenols is 1. The minimum absolute atomic E-state index is 0.00949. The maximum atomic E-state index is 14.8. The number of aromatic hydroxyl groups is 1. The highest BCUT2D eigenvalue weighted by Gasteiger charge is 2.46. The number of amides is 2. The first kappa shape index (κ1) is 62.8. The van der Waals surface area contributed by atoms with E-state index in [9.17, 15) is 27.9 Å². The first-order valence-corrected chi connectivity index (χ1v) is 33.8. The Bertz CT molecular complexity index is 3470. The third-order valence-corrected chi connectivity index (χ3v) is 20.8. The Balaban J connectivity index is 0.702. The molecule has 6 aromatic rings. The summed E-state index contributed by atoms with van der Waals surface area (Å²) < 4.78 is 53.3. The van der Waals surface area contributed by atoms with Crippen molar-refractivity contribution in [3.8, 4) is 39.2 Å². The quantitative estimate of drug-likeness (QED) is 0.0408. The summed E-state index contributed by atoms with van der Waals surface area (Å²) in [5.74, 6) is -0.419. The standard InChI is InChI=1S/C61H78N12O11S3/c1-36(2)56(60(76)72-34-47(83-61(77)82-40(6)41(7)86-87(8,78)79)28-51(72)59(75)65-38(4)42-13-15-43(16-14-42)57-39(5)64-35-85-57)53-30-55(68-84-53)81-25-23-69-21-22-70(37(3)31-69)24-26-80-54-27-44(19-20-63-54)73-45-17-18-46(73)33-71(32-45)50-29-49(66-67-58(50)62)48-11-9-10-12-52(48)74/h9-16,19-20,27,29-30,35-38,40-41,45-47,51,56,74H,17-18,21-26,28,31-34H2,1-8H3,(H2,62,67)(H,65,75)/t37-,38?,40?,41?,45?,46?,47-,51+,56?/m1/s1. The molecule has 10 rings (SSSR count). The number of nitrogens with two attached hydrogens (primary N) is 1. The molecular weight excluding hydrogens is 1170 g/mol. The number of aryl methyl sites for hydroxylation is 1. The van der Waals surface area contributed by atoms with Crippen LogP contribution in [0.4, 0.5) is 22.0 Å². The number of aromatic nitrogens is 5. The average Bonchev–Trinajstić information content (AvgIpc) is 2.35. The van der Waals surface area contributed by atoms with Crippen molar-refractivity contribution in [2.45, 2.75) is 121 Å². The highest BCUT2D eigenvalue weighted by atomic mass is 33.1. The van der Waals surface area contributed by atoms with Gasteiger partial charge in [-0.3, -0.25) is 19.4 Å². The summed E-state index contributed by atoms with van der Waals surface area (Å²) in [7, 11) is -2.74. The molecule has 0 saturated carbocycles. The topological polar surface area (TPSA) is 274 Å². The Kier molecular flexibility index (Phi) is 19.8. The molecule has 9 atom stereocenters. The zero-order chi connectivity index (χ0) is 61.7. The smallest absolute Gasteiger partial charge is 0.507 e. The molecular formula is C61H78N12O11S3. The summed E-state index contributed by atoms with van der Waals surface area (Å²) in [5, 5.41) is 25.7. The summed E-state index contributed by atoms with van der Waals surface area (Å²) >= 11 is 1.55. The number of hydrogen-bond donors (Lipinski definition) is 3. The van der Waals surface area contributed by atoms with Crippen LogP contribution < -0.4 is 30.3 Å². The summed E-state index contributed by atoms with van der Waals surface area (Å²) in [4.78, 5) is 63.3. The number of benzene rings is 2. The number of hydrogen-bond acceptors (Lipinski definition) is 23. The van der Waals surface area contributed by atoms with Crippen molar-refractivity contribution in [1.29, 1.82) is 0 Å². The van der Waals surface area contributed by atoms with Crippen molar-refractivity contribution in [2.75, 3.05) is 87.4 Å². The van der Waals surface area contributed by atoms with Gasteiger partial charge in [-0.25, -0.2) is 23.2 Å². The van der Waals surface area contributed by atoms with Gasteiger partial charge >= 0.3 is 6.16 Å². The van der Waals surface area contributed by atoms with E-state index in [4.69, 9.17) is 29.2 Å². The van der Waals surface area contributed by atoms with Gasteiger partial charge in [-0.1, -0.05) is 50.2 Å². The Morgan fingerprint density at radius 3 is 2.33 bits per heavy atom. The molecule has 23 nitrogen and oxygen atoms in total. The molecule has 26 heteroatoms. The first-order chi connectivity index (χ1) is 41.7. The molecule has 2 aromatic carbocycles. The maximum Gasteiger partial charge on any atom is 0.508 e. The molecule has 4 aliphatic heterocycles. The monoisotopic (exact) mass is 1250 g/mol. The Hall–Kier alpha value is -7.26. The van der Waals surface area contributed by atoms with Gasteiger partial charge in [0.2, 0.25) is 17.7 Å². The molecule has 2 bridgehead atoms. The molecule has 466 valence electrons. The summed E-state index contributed by atoms with van der Waals surface area (Å²) in [6.07, 6.45) is 2.21. The van der Waals surface area contributed by atoms with Crippen molar-refractivity contribution in [3.05, 3.63) is 102 Å². The summed E-state index contributed by atoms with van der Waals surface area (Å²) in [6, 6.07) is 21.9. The lowest BCUT2D eigenvalue weighted by molar-refractivity contribution is -0.141. The highest BCUT2D eigenvalue weighted by molar-refractivity contribution is 8.72. The molecule has 0 aliphatic carbocycles. The van der Waals surface area contributed by atoms with Crippen LogP contribution in [0.2, 0.25) is 0 Å². The second-order valence-electron chi connectivity index (χ2n) is 23.4. The number of anilines is 3. The van der Waals surface area contributed by atoms with Crippen molar-refractivity contribution in [2.24, 2.45) is 5.92 Å². The number of phenolic OH excluding ortho intramolecular Hbond substituents is 1. The maximum absolute atomic E-state index is 14.8. The van der Waals surface area contributed by atoms with Gasteiger partial charge in [-0.2, -0.15) is 0 Å². The molecule has 0 radical (unpaired) electrons. The van der Waals surface area contributed by atoms with E-state index in [1.165, 1.54) is 4.90 Å². The van der Waals surface area contributed by atoms with Crippen LogP contribution in [0.1, 0.15) is 89.8 Å². The molecule has 4 saturated heterocycles. The van der Waals surface area contributed by atoms with E-state index in [-0.39, 0.29) is 54.4 Å². The van der Waals surface area contributed by atoms with Gasteiger partial charge in [0.15, 0.2) is 20.4 Å². The lowest BCUT2D eigenvalue weighted by atomic mass is 9.91. The number of carbonyl (C=O) groups is 3. The zero-order valence-corrected chi connectivity index (χ0v) is 52.8. The van der Waals surface area contributed by atoms with Crippen LogP contribution >= 0.6 is 22.1 Å². The van der Waals surface area contributed by atoms with Crippen molar-refractivity contribution < 1.29 is 51.4 Å². The molecule has 2 amide bonds. The van der Waals surface area contributed by atoms with Crippen LogP contribution in [0.25, 0.3) is 21.7 Å². The van der Waals surface area contributed by atoms with Crippen molar-refractivity contribution >= 4 is 66.2 Å². The molecule has 6 unspecified atom stereocenters. The van der Waals surface area contributed by atoms with Gasteiger partial charge in [-0.15, -0.1) is 21.5 Å². The number of para-hydroxylation sites is 1. The van der Waals surface area contributed by atoms with E-state index >= 15 is 0 Å². The predicted octanol–water partition coefficient (Wildman–Crippen LogP) is 7.78. The number of nitrogens with one attached hydrogen (secondary N) is 1. The Morgan fingerprint density at radius 2 is 1.63 bits per heavy atom. The van der Waals surface area contributed by atoms with Crippen LogP contribution in [0.15, 0.2) is 89.0 Å². The fourth-order valence-electron chi connectivity index (χ4n) is 12.2. The van der Waals surface area contributed by atoms with Gasteiger partial charge in [0, 0.05) is 106 Å². The fraction of sp³-hybridized carbons (Fsp3) is 0.508. The van der Waals surface area contributed by atoms with E-state index in [0.717, 1.165) is 91.4 Å². The van der Waals surface area contributed by atoms with Crippen LogP contribution in [0.5, 0.6) is 17.5 Å². The van der Waals surface area contributed by atoms with E-state index in [1.807, 2.05) is 82.4 Å². The predicted molar refractivity (Wildman–Crippen MR) is 334 cm³/mol. The van der Waals surface area contributed by atoms with Crippen LogP contribution in [-0.4, -0.2) is 185 Å². The molecule has 87 heavy (non-hydrogen) atoms. The normalized spacial score (nSPS) is 21.3. The first-order valence-electron chi connectivity index (χ1n) is 29.6. The van der Waals surface area contributed by atoms with Gasteiger partial charge in [0.05, 0.1) is 45.3 Å². The van der Waals surface area contributed by atoms with Gasteiger partial charge in [-0.05, 0) is 105 Å². The second kappa shape index (κ2) is 27.4. The second-order valence-corrected chi connectivity index (χ2v) is 29.0. The average molecular weight is 1250 g/mol. The number of piperazine rings is 2. The third kappa shape index (κ3) is 15.2. The minimum atomic E-state index is -3.42. The number of nitrogen functional groups attached to an aromatic ring is 1. The van der Waals surface area contributed by atoms with E-state index in [0.29, 0.717) is 53.5 Å². The largest absolute Gasteiger partial charge is 0.508 e. The fourth-order valence-corrected chi connectivity index (χ4v) is 15.9. The van der Waals surface area contributed by atoms with Crippen molar-refractivity contribution in [3.63, 3.8) is 0 Å². The Labute approximate surface area is 515 Å². The highest BCUT2D eigenvalue weighted by Crippen LogP contribution is 2.40. The summed E-state index contributed by atoms with van der Waals surface area (Å²) in [6.45, 7) is 19.1. The third-order valence-electron chi connectivity index (χ3n) is 16.9. The van der Waals surface area contributed by atoms with Gasteiger partial charge < -0.3 is 54.3 Å². The molecule has 4 fully saturated rings. The number of thiazole rings is 1. The lowest BCUT2D eigenvalue weighted by Gasteiger charge is -2.43. The van der Waals surface area contributed by atoms with Crippen LogP contribution in [0, 0.1) is 12.8 Å². The minimum Gasteiger partial charge on any atom is -0.507 e. The van der Waals surface area contributed by atoms with E-state index in [1.54, 1.807) is 48.9 Å².